The van der Waals surface area contributed by atoms with E-state index in [9.17, 15) is 4.79 Å². The van der Waals surface area contributed by atoms with Gasteiger partial charge in [-0.2, -0.15) is 5.10 Å². The van der Waals surface area contributed by atoms with Gasteiger partial charge in [0.25, 0.3) is 5.91 Å². The maximum Gasteiger partial charge on any atom is 0.267 e. The number of likely N-dealkylation sites (tertiary alicyclic amines) is 1. The van der Waals surface area contributed by atoms with E-state index in [1.54, 1.807) is 11.6 Å². The summed E-state index contributed by atoms with van der Waals surface area (Å²) >= 11 is 0. The highest BCUT2D eigenvalue weighted by Gasteiger charge is 2.25. The van der Waals surface area contributed by atoms with Crippen LogP contribution in [-0.2, 0) is 17.9 Å². The molecule has 3 rings (SSSR count). The number of hydrogen-bond acceptors (Lipinski definition) is 4. The lowest BCUT2D eigenvalue weighted by molar-refractivity contribution is -0.124. The van der Waals surface area contributed by atoms with Gasteiger partial charge in [0.05, 0.1) is 12.2 Å². The van der Waals surface area contributed by atoms with Crippen molar-refractivity contribution in [2.45, 2.75) is 45.8 Å². The number of nitrogens with one attached hydrogen (secondary N) is 1. The summed E-state index contributed by atoms with van der Waals surface area (Å²) in [4.78, 5) is 13.6. The van der Waals surface area contributed by atoms with Crippen LogP contribution in [-0.4, -0.2) is 38.4 Å². The summed E-state index contributed by atoms with van der Waals surface area (Å²) in [5.41, 5.74) is 6.07. The Morgan fingerprint density at radius 3 is 2.77 bits per heavy atom. The predicted octanol–water partition coefficient (Wildman–Crippen LogP) is 2.68. The average molecular weight is 354 g/mol. The average Bonchev–Trinajstić information content (AvgIpc) is 3.20. The zero-order chi connectivity index (χ0) is 18.5. The molecule has 1 aliphatic rings. The van der Waals surface area contributed by atoms with Gasteiger partial charge in [0.2, 0.25) is 0 Å². The first-order valence-electron chi connectivity index (χ1n) is 9.01. The number of hydrogen-bond donors (Lipinski definition) is 2. The molecule has 1 saturated heterocycles. The van der Waals surface area contributed by atoms with Crippen LogP contribution in [0, 0.1) is 13.8 Å². The molecule has 6 heteroatoms. The fraction of sp³-hybridized carbons (Fsp3) is 0.400. The number of benzene rings is 1. The third kappa shape index (κ3) is 4.59. The molecule has 1 fully saturated rings. The highest BCUT2D eigenvalue weighted by molar-refractivity contribution is 5.90. The molecule has 2 heterocycles. The van der Waals surface area contributed by atoms with Gasteiger partial charge in [-0.25, -0.2) is 5.48 Å². The summed E-state index contributed by atoms with van der Waals surface area (Å²) in [5, 5.41) is 13.1. The van der Waals surface area contributed by atoms with Gasteiger partial charge in [0.15, 0.2) is 0 Å². The van der Waals surface area contributed by atoms with Crippen LogP contribution >= 0.6 is 0 Å². The largest absolute Gasteiger partial charge is 0.294 e. The molecule has 0 bridgehead atoms. The molecule has 1 unspecified atom stereocenters. The number of carbonyl (C=O) groups is 1. The summed E-state index contributed by atoms with van der Waals surface area (Å²) in [5.74, 6) is -0.530. The Hall–Kier alpha value is -2.44. The molecule has 138 valence electrons. The van der Waals surface area contributed by atoms with Crippen LogP contribution in [0.1, 0.15) is 35.4 Å². The molecule has 0 aliphatic carbocycles. The fourth-order valence-electron chi connectivity index (χ4n) is 3.55. The van der Waals surface area contributed by atoms with Crippen LogP contribution in [0.15, 0.2) is 36.4 Å². The smallest absolute Gasteiger partial charge is 0.267 e. The van der Waals surface area contributed by atoms with E-state index >= 15 is 0 Å². The van der Waals surface area contributed by atoms with Crippen molar-refractivity contribution >= 4 is 12.0 Å². The van der Waals surface area contributed by atoms with E-state index in [1.165, 1.54) is 30.2 Å². The Morgan fingerprint density at radius 1 is 1.35 bits per heavy atom. The van der Waals surface area contributed by atoms with E-state index in [4.69, 9.17) is 5.21 Å². The van der Waals surface area contributed by atoms with E-state index in [-0.39, 0.29) is 0 Å². The summed E-state index contributed by atoms with van der Waals surface area (Å²) < 4.78 is 2.12. The first kappa shape index (κ1) is 18.4. The second-order valence-electron chi connectivity index (χ2n) is 6.93. The van der Waals surface area contributed by atoms with Crippen molar-refractivity contribution in [3.63, 3.8) is 0 Å². The topological polar surface area (TPSA) is 70.4 Å². The quantitative estimate of drug-likeness (QED) is 0.475. The van der Waals surface area contributed by atoms with Crippen molar-refractivity contribution in [2.75, 3.05) is 6.54 Å². The van der Waals surface area contributed by atoms with Crippen molar-refractivity contribution < 1.29 is 10.0 Å². The minimum absolute atomic E-state index is 0.515. The van der Waals surface area contributed by atoms with Crippen molar-refractivity contribution in [1.82, 2.24) is 20.2 Å². The van der Waals surface area contributed by atoms with Gasteiger partial charge in [-0.1, -0.05) is 24.3 Å². The molecule has 1 aromatic carbocycles. The molecule has 2 N–H and O–H groups in total. The van der Waals surface area contributed by atoms with E-state index in [0.717, 1.165) is 30.9 Å². The molecular formula is C20H26N4O2. The molecule has 1 atom stereocenters. The zero-order valence-corrected chi connectivity index (χ0v) is 15.4. The predicted molar refractivity (Wildman–Crippen MR) is 101 cm³/mol. The van der Waals surface area contributed by atoms with E-state index in [2.05, 4.69) is 39.8 Å². The third-order valence-corrected chi connectivity index (χ3v) is 4.89. The molecular weight excluding hydrogens is 328 g/mol. The standard InChI is InChI=1S/C20H26N4O2/c1-15-12-16(2)24(21-15)14-19-4-3-11-23(19)13-18-7-5-17(6-8-18)9-10-20(25)22-26/h5-10,12,19,26H,3-4,11,13-14H2,1-2H3,(H,22,25). The lowest BCUT2D eigenvalue weighted by atomic mass is 10.1. The molecule has 1 aliphatic heterocycles. The maximum absolute atomic E-state index is 11.0. The van der Waals surface area contributed by atoms with Gasteiger partial charge >= 0.3 is 0 Å². The van der Waals surface area contributed by atoms with Crippen molar-refractivity contribution in [3.05, 3.63) is 58.9 Å². The molecule has 0 radical (unpaired) electrons. The number of hydroxylamine groups is 1. The second-order valence-corrected chi connectivity index (χ2v) is 6.93. The molecule has 6 nitrogen and oxygen atoms in total. The number of carbonyl (C=O) groups excluding carboxylic acids is 1. The molecule has 0 saturated carbocycles. The van der Waals surface area contributed by atoms with Crippen LogP contribution in [0.4, 0.5) is 0 Å². The Bertz CT molecular complexity index is 780. The first-order chi connectivity index (χ1) is 12.5. The van der Waals surface area contributed by atoms with Crippen LogP contribution in [0.25, 0.3) is 6.08 Å². The fourth-order valence-corrected chi connectivity index (χ4v) is 3.55. The molecule has 0 spiro atoms. The van der Waals surface area contributed by atoms with Gasteiger partial charge in [-0.05, 0) is 56.5 Å². The Balaban J connectivity index is 1.61. The minimum Gasteiger partial charge on any atom is -0.294 e. The first-order valence-corrected chi connectivity index (χ1v) is 9.01. The molecule has 2 aromatic rings. The lowest BCUT2D eigenvalue weighted by Gasteiger charge is -2.25. The Morgan fingerprint density at radius 2 is 2.12 bits per heavy atom. The Kier molecular flexibility index (Phi) is 5.85. The van der Waals surface area contributed by atoms with Crippen LogP contribution in [0.5, 0.6) is 0 Å². The third-order valence-electron chi connectivity index (χ3n) is 4.89. The van der Waals surface area contributed by atoms with Gasteiger partial charge in [-0.15, -0.1) is 0 Å². The minimum atomic E-state index is -0.530. The second kappa shape index (κ2) is 8.29. The number of nitrogens with zero attached hydrogens (tertiary/aromatic N) is 3. The SMILES string of the molecule is Cc1cc(C)n(CC2CCCN2Cc2ccc(C=CC(=O)NO)cc2)n1. The van der Waals surface area contributed by atoms with Gasteiger partial charge in [0, 0.05) is 24.4 Å². The highest BCUT2D eigenvalue weighted by Crippen LogP contribution is 2.22. The number of rotatable bonds is 6. The van der Waals surface area contributed by atoms with Gasteiger partial charge in [0.1, 0.15) is 0 Å². The molecule has 1 aromatic heterocycles. The van der Waals surface area contributed by atoms with Crippen molar-refractivity contribution in [3.8, 4) is 0 Å². The Labute approximate surface area is 154 Å². The van der Waals surface area contributed by atoms with E-state index < -0.39 is 5.91 Å². The zero-order valence-electron chi connectivity index (χ0n) is 15.4. The van der Waals surface area contributed by atoms with Crippen molar-refractivity contribution in [1.29, 1.82) is 0 Å². The summed E-state index contributed by atoms with van der Waals surface area (Å²) in [6.45, 7) is 7.13. The lowest BCUT2D eigenvalue weighted by Crippen LogP contribution is -2.33. The summed E-state index contributed by atoms with van der Waals surface area (Å²) in [7, 11) is 0. The summed E-state index contributed by atoms with van der Waals surface area (Å²) in [6, 6.07) is 10.8. The van der Waals surface area contributed by atoms with E-state index in [1.807, 2.05) is 19.1 Å². The van der Waals surface area contributed by atoms with Crippen LogP contribution in [0.3, 0.4) is 0 Å². The molecule has 26 heavy (non-hydrogen) atoms. The van der Waals surface area contributed by atoms with Crippen LogP contribution in [0.2, 0.25) is 0 Å². The number of aromatic nitrogens is 2. The van der Waals surface area contributed by atoms with Gasteiger partial charge in [-0.3, -0.25) is 19.6 Å². The molecule has 1 amide bonds. The number of amides is 1. The van der Waals surface area contributed by atoms with Crippen LogP contribution < -0.4 is 5.48 Å². The van der Waals surface area contributed by atoms with E-state index in [0.29, 0.717) is 6.04 Å². The van der Waals surface area contributed by atoms with Gasteiger partial charge < -0.3 is 0 Å². The summed E-state index contributed by atoms with van der Waals surface area (Å²) in [6.07, 6.45) is 5.41. The van der Waals surface area contributed by atoms with Crippen molar-refractivity contribution in [2.24, 2.45) is 0 Å². The monoisotopic (exact) mass is 354 g/mol. The maximum atomic E-state index is 11.0. The number of aryl methyl sites for hydroxylation is 2. The normalized spacial score (nSPS) is 17.9. The highest BCUT2D eigenvalue weighted by atomic mass is 16.5.